The summed E-state index contributed by atoms with van der Waals surface area (Å²) < 4.78 is 94.6. The van der Waals surface area contributed by atoms with Crippen LogP contribution in [0.25, 0.3) is 0 Å². The monoisotopic (exact) mass is 1990 g/mol. The lowest BCUT2D eigenvalue weighted by atomic mass is 9.83. The summed E-state index contributed by atoms with van der Waals surface area (Å²) in [5.41, 5.74) is 6.56. The van der Waals surface area contributed by atoms with Gasteiger partial charge in [0.2, 0.25) is 41.7 Å². The van der Waals surface area contributed by atoms with Gasteiger partial charge in [0.15, 0.2) is 11.9 Å². The lowest BCUT2D eigenvalue weighted by Crippen LogP contribution is -2.61. The number of likely N-dealkylation sites (N-methyl/N-ethyl adjacent to an activating group) is 2. The minimum Gasteiger partial charge on any atom is -0.479 e. The molecule has 794 valence electrons. The van der Waals surface area contributed by atoms with E-state index in [-0.39, 0.29) is 105 Å². The van der Waals surface area contributed by atoms with Gasteiger partial charge in [-0.15, -0.1) is 0 Å². The van der Waals surface area contributed by atoms with E-state index in [1.807, 2.05) is 51.1 Å². The largest absolute Gasteiger partial charge is 0.479 e. The van der Waals surface area contributed by atoms with Crippen molar-refractivity contribution in [2.75, 3.05) is 219 Å². The number of carboxylic acid groups (broad SMARTS) is 1. The Kier molecular flexibility index (Phi) is 59.5. The number of carboxylic acids is 1. The van der Waals surface area contributed by atoms with Gasteiger partial charge >= 0.3 is 12.1 Å². The molecule has 3 aliphatic rings. The summed E-state index contributed by atoms with van der Waals surface area (Å²) in [6.07, 6.45) is -10.3. The van der Waals surface area contributed by atoms with Crippen LogP contribution in [0.5, 0.6) is 5.75 Å². The van der Waals surface area contributed by atoms with E-state index in [2.05, 4.69) is 21.3 Å². The van der Waals surface area contributed by atoms with Gasteiger partial charge in [0.05, 0.1) is 201 Å². The van der Waals surface area contributed by atoms with Crippen molar-refractivity contribution in [3.05, 3.63) is 71.8 Å². The van der Waals surface area contributed by atoms with E-state index in [1.54, 1.807) is 58.6 Å². The fourth-order valence-corrected chi connectivity index (χ4v) is 16.3. The summed E-state index contributed by atoms with van der Waals surface area (Å²) in [5, 5.41) is 63.6. The first-order valence-electron chi connectivity index (χ1n) is 48.4. The van der Waals surface area contributed by atoms with Crippen LogP contribution in [0.4, 0.5) is 10.5 Å². The predicted molar refractivity (Wildman–Crippen MR) is 507 cm³/mol. The Morgan fingerprint density at radius 3 is 1.61 bits per heavy atom. The highest BCUT2D eigenvalue weighted by Crippen LogP contribution is 2.36. The van der Waals surface area contributed by atoms with E-state index in [0.717, 1.165) is 17.1 Å². The number of benzene rings is 2. The van der Waals surface area contributed by atoms with Crippen molar-refractivity contribution < 1.29 is 164 Å². The van der Waals surface area contributed by atoms with E-state index in [9.17, 15) is 78.3 Å². The van der Waals surface area contributed by atoms with Gasteiger partial charge in [0.1, 0.15) is 48.5 Å². The number of imide groups is 1. The van der Waals surface area contributed by atoms with Crippen molar-refractivity contribution in [1.29, 1.82) is 0 Å². The summed E-state index contributed by atoms with van der Waals surface area (Å²) in [6, 6.07) is 7.84. The van der Waals surface area contributed by atoms with Gasteiger partial charge in [-0.1, -0.05) is 98.2 Å². The average Bonchev–Trinajstić information content (AvgIpc) is 1.05. The molecule has 3 aliphatic heterocycles. The topological polar surface area (TPSA) is 550 Å². The third-order valence-electron chi connectivity index (χ3n) is 24.3. The van der Waals surface area contributed by atoms with Crippen LogP contribution >= 0.6 is 0 Å². The first kappa shape index (κ1) is 122. The molecule has 3 heterocycles. The summed E-state index contributed by atoms with van der Waals surface area (Å²) in [4.78, 5) is 170. The highest BCUT2D eigenvalue weighted by atomic mass is 16.7. The molecule has 0 saturated carbocycles. The third kappa shape index (κ3) is 42.6. The number of hydrogen-bond acceptors (Lipinski definition) is 34. The SMILES string of the molecule is CC[C@H](C)[C@@H]([C@@H](CC(=O)N1CCC[C@H]1[C@H](OC)[C@@H](C)C(=O)C[C@H](C)[C@@H](O)c1ccccc1)OC)N(C)C(=O)[C@@H](CC(=O)[C@H](C(C)C)N(C)C(=O)OCc1ccc(O[C@@H]2O[C@H](C(=O)O)[C@@H](O)[C@H](O)[C@H]2O)c(NC(=O)CCNC(=O)[C@H](CCCCNC(=O)CCOCCOCCOCCOCCOCCOCCOCCOCCOCCOCCOCCOC)NC(=O)[C@H](CN)N2C(=O)C=CC2=O)c1)C(C)C. The number of hydrogen-bond donors (Lipinski definition) is 10. The molecule has 9 amide bonds. The number of ketones is 2. The van der Waals surface area contributed by atoms with Crippen LogP contribution in [-0.2, 0) is 135 Å². The standard InChI is InChI=1S/C97H157N9O34/c1-14-65(6)85(78(125-12)60-83(113)105-33-20-24-73(105)90(126-13)67(8)75(107)57-66(7)86(114)69-21-16-15-17-22-69)103(9)94(120)70(63(2)3)59-76(108)84(64(4)5)104(10)97(123)138-62-68-25-26-77(139-96-89(117)87(115)88(116)91(140-96)95(121)122)72(58-68)101-80(110)29-32-100-92(118)71(102-93(119)74(61-98)106-81(111)27-28-82(106)112)23-18-19-31-99-79(109)30-34-127-37-38-129-41-42-131-45-46-133-49-50-135-53-54-137-56-55-136-52-51-134-48-47-132-44-43-130-40-39-128-36-35-124-11/h15-17,21-22,25-28,58,63-67,70-71,73-74,78,84-91,96,114-117H,14,18-20,23-24,29-57,59-62,98H2,1-13H3,(H,99,109)(H,100,118)(H,101,110)(H,102,119)(H,121,122)/t65-,66-,67-,70-,71-,73-,74-,78+,84-,85-,86+,87-,88-,89+,90+,91-,96+/m0/s1. The molecule has 0 spiro atoms. The Hall–Kier alpha value is -8.78. The van der Waals surface area contributed by atoms with Crippen LogP contribution in [0.15, 0.2) is 60.7 Å². The number of methoxy groups -OCH3 is 3. The highest BCUT2D eigenvalue weighted by Gasteiger charge is 2.50. The van der Waals surface area contributed by atoms with Crippen LogP contribution < -0.4 is 31.7 Å². The van der Waals surface area contributed by atoms with Gasteiger partial charge < -0.3 is 148 Å². The number of carbonyl (C=O) groups is 12. The zero-order chi connectivity index (χ0) is 103. The van der Waals surface area contributed by atoms with Crippen LogP contribution in [0.1, 0.15) is 143 Å². The molecule has 0 aliphatic carbocycles. The molecule has 2 aromatic rings. The number of nitrogens with zero attached hydrogens (tertiary/aromatic N) is 4. The first-order chi connectivity index (χ1) is 67.2. The van der Waals surface area contributed by atoms with E-state index in [4.69, 9.17) is 86.3 Å². The third-order valence-corrected chi connectivity index (χ3v) is 24.3. The maximum atomic E-state index is 15.1. The molecule has 43 nitrogen and oxygen atoms in total. The number of nitrogens with two attached hydrogens (primary N) is 1. The van der Waals surface area contributed by atoms with Gasteiger partial charge in [-0.05, 0) is 79.0 Å². The second-order valence-corrected chi connectivity index (χ2v) is 35.3. The number of rotatable bonds is 77. The Balaban J connectivity index is 1.10. The highest BCUT2D eigenvalue weighted by molar-refractivity contribution is 6.15. The number of nitrogens with one attached hydrogen (secondary N) is 4. The molecular weight excluding hydrogens is 1840 g/mol. The van der Waals surface area contributed by atoms with Gasteiger partial charge in [-0.2, -0.15) is 0 Å². The molecule has 0 bridgehead atoms. The van der Waals surface area contributed by atoms with E-state index in [0.29, 0.717) is 175 Å². The van der Waals surface area contributed by atoms with Crippen LogP contribution in [0, 0.1) is 35.5 Å². The minimum atomic E-state index is -2.10. The normalized spacial score (nSPS) is 18.9. The number of amides is 9. The molecule has 0 radical (unpaired) electrons. The molecule has 2 fully saturated rings. The molecule has 17 atom stereocenters. The van der Waals surface area contributed by atoms with Gasteiger partial charge in [0, 0.05) is 111 Å². The van der Waals surface area contributed by atoms with Crippen LogP contribution in [0.3, 0.4) is 0 Å². The molecule has 140 heavy (non-hydrogen) atoms. The maximum absolute atomic E-state index is 15.1. The van der Waals surface area contributed by atoms with Crippen molar-refractivity contribution in [2.45, 2.75) is 212 Å². The fourth-order valence-electron chi connectivity index (χ4n) is 16.3. The number of anilines is 1. The summed E-state index contributed by atoms with van der Waals surface area (Å²) in [7, 11) is 7.61. The van der Waals surface area contributed by atoms with Gasteiger partial charge in [-0.25, -0.2) is 9.59 Å². The van der Waals surface area contributed by atoms with Crippen LogP contribution in [0.2, 0.25) is 0 Å². The number of aliphatic carboxylic acids is 1. The van der Waals surface area contributed by atoms with E-state index < -0.39 is 188 Å². The Bertz CT molecular complexity index is 4010. The number of aliphatic hydroxyl groups excluding tert-OH is 4. The van der Waals surface area contributed by atoms with Crippen molar-refractivity contribution in [3.8, 4) is 5.75 Å². The smallest absolute Gasteiger partial charge is 0.410 e. The van der Waals surface area contributed by atoms with Crippen molar-refractivity contribution >= 4 is 76.6 Å². The van der Waals surface area contributed by atoms with E-state index in [1.165, 1.54) is 39.5 Å². The zero-order valence-electron chi connectivity index (χ0n) is 83.8. The predicted octanol–water partition coefficient (Wildman–Crippen LogP) is 2.72. The number of ether oxygens (including phenoxy) is 17. The number of carbonyl (C=O) groups excluding carboxylic acids is 11. The molecule has 5 rings (SSSR count). The van der Waals surface area contributed by atoms with Crippen LogP contribution in [-0.4, -0.2) is 403 Å². The average molecular weight is 1990 g/mol. The Labute approximate surface area is 821 Å². The number of unbranched alkanes of at least 4 members (excludes halogenated alkanes) is 1. The second-order valence-electron chi connectivity index (χ2n) is 35.3. The number of Topliss-reactive ketones (excluding diaryl/α,β-unsaturated/α-hetero) is 2. The quantitative estimate of drug-likeness (QED) is 0.0336. The molecule has 2 aromatic carbocycles. The minimum absolute atomic E-state index is 0.0192. The van der Waals surface area contributed by atoms with Gasteiger partial charge in [0.25, 0.3) is 11.8 Å². The zero-order valence-corrected chi connectivity index (χ0v) is 83.8. The number of likely N-dealkylation sites (tertiary alicyclic amines) is 1. The van der Waals surface area contributed by atoms with Crippen molar-refractivity contribution in [2.24, 2.45) is 41.2 Å². The second kappa shape index (κ2) is 68.5. The lowest BCUT2D eigenvalue weighted by molar-refractivity contribution is -0.271. The first-order valence-corrected chi connectivity index (χ1v) is 48.4. The number of aliphatic hydroxyl groups is 4. The maximum Gasteiger partial charge on any atom is 0.410 e. The van der Waals surface area contributed by atoms with Gasteiger partial charge in [-0.3, -0.25) is 52.8 Å². The molecule has 11 N–H and O–H groups in total. The van der Waals surface area contributed by atoms with Crippen molar-refractivity contribution in [3.63, 3.8) is 0 Å². The Morgan fingerprint density at radius 1 is 0.579 bits per heavy atom. The summed E-state index contributed by atoms with van der Waals surface area (Å²) >= 11 is 0. The molecule has 0 unspecified atom stereocenters. The molecule has 43 heteroatoms. The molecule has 0 aromatic heterocycles. The van der Waals surface area contributed by atoms with E-state index >= 15 is 4.79 Å². The molecule has 2 saturated heterocycles. The van der Waals surface area contributed by atoms with Crippen molar-refractivity contribution in [1.82, 2.24) is 35.6 Å². The lowest BCUT2D eigenvalue weighted by Gasteiger charge is -2.41. The summed E-state index contributed by atoms with van der Waals surface area (Å²) in [6.45, 7) is 22.9. The fraction of sp³-hybridized carbons (Fsp3) is 0.732. The summed E-state index contributed by atoms with van der Waals surface area (Å²) in [5.74, 6) is -10.9. The molecular formula is C97H157N9O34. The Morgan fingerprint density at radius 2 is 1.11 bits per heavy atom.